The minimum Gasteiger partial charge on any atom is -0.454 e. The van der Waals surface area contributed by atoms with Crippen LogP contribution in [0.25, 0.3) is 0 Å². The van der Waals surface area contributed by atoms with Crippen LogP contribution in [-0.2, 0) is 6.54 Å². The molecule has 1 N–H and O–H groups in total. The lowest BCUT2D eigenvalue weighted by Crippen LogP contribution is -2.18. The Balaban J connectivity index is 1.70. The quantitative estimate of drug-likeness (QED) is 0.892. The summed E-state index contributed by atoms with van der Waals surface area (Å²) in [5.41, 5.74) is 3.75. The van der Waals surface area contributed by atoms with Crippen molar-refractivity contribution in [1.29, 1.82) is 0 Å². The number of halogens is 1. The molecule has 0 saturated heterocycles. The van der Waals surface area contributed by atoms with Gasteiger partial charge >= 0.3 is 0 Å². The van der Waals surface area contributed by atoms with Gasteiger partial charge in [0.05, 0.1) is 0 Å². The molecule has 110 valence electrons. The molecule has 0 unspecified atom stereocenters. The molecule has 0 aliphatic carbocycles. The van der Waals surface area contributed by atoms with E-state index in [4.69, 9.17) is 9.47 Å². The van der Waals surface area contributed by atoms with Gasteiger partial charge in [-0.25, -0.2) is 0 Å². The fourth-order valence-corrected chi connectivity index (χ4v) is 2.88. The average molecular weight is 348 g/mol. The molecular weight excluding hydrogens is 330 g/mol. The smallest absolute Gasteiger partial charge is 0.231 e. The van der Waals surface area contributed by atoms with Crippen LogP contribution in [0.3, 0.4) is 0 Å². The number of aryl methyl sites for hydroxylation is 1. The molecule has 21 heavy (non-hydrogen) atoms. The van der Waals surface area contributed by atoms with E-state index in [2.05, 4.69) is 59.4 Å². The van der Waals surface area contributed by atoms with E-state index in [-0.39, 0.29) is 0 Å². The summed E-state index contributed by atoms with van der Waals surface area (Å²) < 4.78 is 11.8. The predicted octanol–water partition coefficient (Wildman–Crippen LogP) is 4.34. The lowest BCUT2D eigenvalue weighted by molar-refractivity contribution is 0.174. The number of ether oxygens (including phenoxy) is 2. The van der Waals surface area contributed by atoms with Gasteiger partial charge in [0.25, 0.3) is 0 Å². The number of hydrogen-bond acceptors (Lipinski definition) is 3. The van der Waals surface area contributed by atoms with Crippen molar-refractivity contribution in [3.05, 3.63) is 57.6 Å². The van der Waals surface area contributed by atoms with Crippen molar-refractivity contribution in [2.45, 2.75) is 26.4 Å². The predicted molar refractivity (Wildman–Crippen MR) is 86.7 cm³/mol. The Morgan fingerprint density at radius 1 is 1.19 bits per heavy atom. The van der Waals surface area contributed by atoms with Crippen LogP contribution in [0.2, 0.25) is 0 Å². The van der Waals surface area contributed by atoms with Gasteiger partial charge in [0.15, 0.2) is 11.5 Å². The van der Waals surface area contributed by atoms with Gasteiger partial charge in [-0.15, -0.1) is 0 Å². The molecule has 0 aromatic heterocycles. The summed E-state index contributed by atoms with van der Waals surface area (Å²) in [5, 5.41) is 3.55. The van der Waals surface area contributed by atoms with E-state index in [0.717, 1.165) is 22.5 Å². The number of fused-ring (bicyclic) bond motifs is 1. The number of benzene rings is 2. The number of hydrogen-bond donors (Lipinski definition) is 1. The normalized spacial score (nSPS) is 14.2. The maximum absolute atomic E-state index is 5.43. The zero-order chi connectivity index (χ0) is 14.8. The maximum Gasteiger partial charge on any atom is 0.231 e. The molecule has 0 saturated carbocycles. The van der Waals surface area contributed by atoms with Crippen molar-refractivity contribution in [3.8, 4) is 11.5 Å². The summed E-state index contributed by atoms with van der Waals surface area (Å²) in [6.07, 6.45) is 0. The summed E-state index contributed by atoms with van der Waals surface area (Å²) in [5.74, 6) is 1.62. The summed E-state index contributed by atoms with van der Waals surface area (Å²) in [4.78, 5) is 0. The van der Waals surface area contributed by atoms with Gasteiger partial charge in [0.1, 0.15) is 0 Å². The van der Waals surface area contributed by atoms with E-state index in [1.165, 1.54) is 16.7 Å². The van der Waals surface area contributed by atoms with Gasteiger partial charge in [-0.05, 0) is 37.1 Å². The third kappa shape index (κ3) is 3.22. The molecule has 0 fully saturated rings. The largest absolute Gasteiger partial charge is 0.454 e. The molecule has 1 aliphatic rings. The van der Waals surface area contributed by atoms with Crippen molar-refractivity contribution in [2.24, 2.45) is 0 Å². The van der Waals surface area contributed by atoms with E-state index in [1.54, 1.807) is 0 Å². The third-order valence-electron chi connectivity index (χ3n) is 3.68. The average Bonchev–Trinajstić information content (AvgIpc) is 2.91. The highest BCUT2D eigenvalue weighted by Crippen LogP contribution is 2.37. The van der Waals surface area contributed by atoms with Crippen molar-refractivity contribution in [3.63, 3.8) is 0 Å². The molecule has 0 radical (unpaired) electrons. The molecule has 1 aliphatic heterocycles. The van der Waals surface area contributed by atoms with Crippen LogP contribution in [-0.4, -0.2) is 6.79 Å². The first-order valence-corrected chi connectivity index (χ1v) is 7.81. The van der Waals surface area contributed by atoms with E-state index >= 15 is 0 Å². The van der Waals surface area contributed by atoms with E-state index in [0.29, 0.717) is 12.8 Å². The Kier molecular flexibility index (Phi) is 4.17. The highest BCUT2D eigenvalue weighted by atomic mass is 79.9. The van der Waals surface area contributed by atoms with E-state index in [9.17, 15) is 0 Å². The Labute approximate surface area is 133 Å². The summed E-state index contributed by atoms with van der Waals surface area (Å²) in [7, 11) is 0. The van der Waals surface area contributed by atoms with Gasteiger partial charge in [-0.1, -0.05) is 45.8 Å². The SMILES string of the molecule is Cc1cccc([C@@H](C)NCc2cc3c(cc2Br)OCO3)c1. The van der Waals surface area contributed by atoms with Gasteiger partial charge in [-0.3, -0.25) is 0 Å². The highest BCUT2D eigenvalue weighted by Gasteiger charge is 2.16. The van der Waals surface area contributed by atoms with Crippen molar-refractivity contribution in [1.82, 2.24) is 5.32 Å². The van der Waals surface area contributed by atoms with Crippen LogP contribution < -0.4 is 14.8 Å². The molecule has 3 rings (SSSR count). The van der Waals surface area contributed by atoms with Gasteiger partial charge in [-0.2, -0.15) is 0 Å². The molecule has 2 aromatic carbocycles. The summed E-state index contributed by atoms with van der Waals surface area (Å²) in [6.45, 7) is 5.37. The Hall–Kier alpha value is -1.52. The van der Waals surface area contributed by atoms with E-state index in [1.807, 2.05) is 12.1 Å². The molecule has 2 aromatic rings. The molecular formula is C17H18BrNO2. The topological polar surface area (TPSA) is 30.5 Å². The monoisotopic (exact) mass is 347 g/mol. The van der Waals surface area contributed by atoms with E-state index < -0.39 is 0 Å². The molecule has 4 heteroatoms. The van der Waals surface area contributed by atoms with Crippen molar-refractivity contribution >= 4 is 15.9 Å². The fraction of sp³-hybridized carbons (Fsp3) is 0.294. The minimum atomic E-state index is 0.294. The van der Waals surface area contributed by atoms with Crippen LogP contribution in [0, 0.1) is 6.92 Å². The minimum absolute atomic E-state index is 0.294. The summed E-state index contributed by atoms with van der Waals surface area (Å²) >= 11 is 3.59. The Morgan fingerprint density at radius 2 is 1.95 bits per heavy atom. The first kappa shape index (κ1) is 14.4. The van der Waals surface area contributed by atoms with Crippen molar-refractivity contribution < 1.29 is 9.47 Å². The van der Waals surface area contributed by atoms with Gasteiger partial charge in [0, 0.05) is 17.1 Å². The van der Waals surface area contributed by atoms with Crippen molar-refractivity contribution in [2.75, 3.05) is 6.79 Å². The Bertz CT molecular complexity index is 657. The molecule has 0 amide bonds. The molecule has 1 atom stereocenters. The molecule has 3 nitrogen and oxygen atoms in total. The molecule has 0 spiro atoms. The number of rotatable bonds is 4. The fourth-order valence-electron chi connectivity index (χ4n) is 2.42. The lowest BCUT2D eigenvalue weighted by atomic mass is 10.1. The van der Waals surface area contributed by atoms with Gasteiger partial charge < -0.3 is 14.8 Å². The third-order valence-corrected chi connectivity index (χ3v) is 4.42. The van der Waals surface area contributed by atoms with Gasteiger partial charge in [0.2, 0.25) is 6.79 Å². The van der Waals surface area contributed by atoms with Crippen LogP contribution >= 0.6 is 15.9 Å². The second-order valence-electron chi connectivity index (χ2n) is 5.31. The van der Waals surface area contributed by atoms with Crippen LogP contribution in [0.5, 0.6) is 11.5 Å². The van der Waals surface area contributed by atoms with Crippen LogP contribution in [0.15, 0.2) is 40.9 Å². The first-order valence-electron chi connectivity index (χ1n) is 7.01. The summed E-state index contributed by atoms with van der Waals surface area (Å²) in [6, 6.07) is 12.9. The Morgan fingerprint density at radius 3 is 2.71 bits per heavy atom. The molecule has 0 bridgehead atoms. The zero-order valence-electron chi connectivity index (χ0n) is 12.2. The maximum atomic E-state index is 5.43. The standard InChI is InChI=1S/C17H18BrNO2/c1-11-4-3-5-13(6-11)12(2)19-9-14-7-16-17(8-15(14)18)21-10-20-16/h3-8,12,19H,9-10H2,1-2H3/t12-/m1/s1. The molecule has 1 heterocycles. The second kappa shape index (κ2) is 6.08. The number of nitrogens with one attached hydrogen (secondary N) is 1. The first-order chi connectivity index (χ1) is 10.1. The second-order valence-corrected chi connectivity index (χ2v) is 6.17. The highest BCUT2D eigenvalue weighted by molar-refractivity contribution is 9.10. The van der Waals surface area contributed by atoms with Crippen LogP contribution in [0.1, 0.15) is 29.7 Å². The van der Waals surface area contributed by atoms with Crippen LogP contribution in [0.4, 0.5) is 0 Å². The zero-order valence-corrected chi connectivity index (χ0v) is 13.7. The lowest BCUT2D eigenvalue weighted by Gasteiger charge is -2.16.